The van der Waals surface area contributed by atoms with Gasteiger partial charge in [0.2, 0.25) is 0 Å². The van der Waals surface area contributed by atoms with E-state index in [0.29, 0.717) is 0 Å². The quantitative estimate of drug-likeness (QED) is 0.777. The van der Waals surface area contributed by atoms with Crippen molar-refractivity contribution in [3.63, 3.8) is 0 Å². The molecule has 0 bridgehead atoms. The van der Waals surface area contributed by atoms with Crippen LogP contribution in [0.4, 0.5) is 0 Å². The molecule has 0 spiro atoms. The van der Waals surface area contributed by atoms with Crippen LogP contribution in [0.15, 0.2) is 30.3 Å². The van der Waals surface area contributed by atoms with Gasteiger partial charge in [0.15, 0.2) is 0 Å². The summed E-state index contributed by atoms with van der Waals surface area (Å²) in [5.41, 5.74) is 0.928. The van der Waals surface area contributed by atoms with Crippen LogP contribution in [0.25, 0.3) is 0 Å². The van der Waals surface area contributed by atoms with Crippen molar-refractivity contribution >= 4 is 5.97 Å². The second kappa shape index (κ2) is 7.05. The van der Waals surface area contributed by atoms with Gasteiger partial charge in [0.25, 0.3) is 0 Å². The number of rotatable bonds is 5. The van der Waals surface area contributed by atoms with Crippen LogP contribution < -0.4 is 0 Å². The van der Waals surface area contributed by atoms with E-state index in [2.05, 4.69) is 40.1 Å². The summed E-state index contributed by atoms with van der Waals surface area (Å²) in [7, 11) is 1.46. The van der Waals surface area contributed by atoms with Crippen molar-refractivity contribution in [2.75, 3.05) is 39.8 Å². The largest absolute Gasteiger partial charge is 0.469 e. The Morgan fingerprint density at radius 3 is 2.24 bits per heavy atom. The Bertz CT molecular complexity index is 451. The second-order valence-electron chi connectivity index (χ2n) is 6.41. The van der Waals surface area contributed by atoms with E-state index in [4.69, 9.17) is 4.74 Å². The maximum atomic E-state index is 11.8. The minimum Gasteiger partial charge on any atom is -0.469 e. The third-order valence-corrected chi connectivity index (χ3v) is 4.07. The summed E-state index contributed by atoms with van der Waals surface area (Å²) in [6.45, 7) is 9.79. The van der Waals surface area contributed by atoms with Crippen molar-refractivity contribution in [3.05, 3.63) is 35.9 Å². The second-order valence-corrected chi connectivity index (χ2v) is 6.41. The fourth-order valence-corrected chi connectivity index (χ4v) is 2.85. The van der Waals surface area contributed by atoms with E-state index >= 15 is 0 Å². The molecular formula is C17H26N2O2. The Balaban J connectivity index is 1.79. The summed E-state index contributed by atoms with van der Waals surface area (Å²) in [6, 6.07) is 10.6. The molecule has 2 rings (SSSR count). The Morgan fingerprint density at radius 2 is 1.67 bits per heavy atom. The lowest BCUT2D eigenvalue weighted by molar-refractivity contribution is -0.152. The van der Waals surface area contributed by atoms with Gasteiger partial charge in [-0.25, -0.2) is 0 Å². The van der Waals surface area contributed by atoms with Gasteiger partial charge in [-0.1, -0.05) is 30.3 Å². The molecule has 0 amide bonds. The smallest absolute Gasteiger partial charge is 0.312 e. The molecule has 1 saturated heterocycles. The molecule has 1 aliphatic heterocycles. The standard InChI is InChI=1S/C17H26N2O2/c1-17(2,16(20)21-3)14-19-11-9-18(10-12-19)13-15-7-5-4-6-8-15/h4-8H,9-14H2,1-3H3. The van der Waals surface area contributed by atoms with Crippen molar-refractivity contribution in [2.45, 2.75) is 20.4 Å². The maximum Gasteiger partial charge on any atom is 0.312 e. The first kappa shape index (κ1) is 16.0. The summed E-state index contributed by atoms with van der Waals surface area (Å²) >= 11 is 0. The average molecular weight is 290 g/mol. The number of carbonyl (C=O) groups is 1. The Morgan fingerprint density at radius 1 is 1.10 bits per heavy atom. The van der Waals surface area contributed by atoms with Crippen LogP contribution in [-0.2, 0) is 16.1 Å². The summed E-state index contributed by atoms with van der Waals surface area (Å²) in [5.74, 6) is -0.130. The van der Waals surface area contributed by atoms with Crippen molar-refractivity contribution in [1.82, 2.24) is 9.80 Å². The molecule has 0 aromatic heterocycles. The van der Waals surface area contributed by atoms with Gasteiger partial charge < -0.3 is 4.74 Å². The fraction of sp³-hybridized carbons (Fsp3) is 0.588. The Labute approximate surface area is 127 Å². The minimum atomic E-state index is -0.434. The third-order valence-electron chi connectivity index (χ3n) is 4.07. The fourth-order valence-electron chi connectivity index (χ4n) is 2.85. The third kappa shape index (κ3) is 4.55. The Hall–Kier alpha value is -1.39. The van der Waals surface area contributed by atoms with Crippen molar-refractivity contribution < 1.29 is 9.53 Å². The minimum absolute atomic E-state index is 0.130. The van der Waals surface area contributed by atoms with Gasteiger partial charge >= 0.3 is 5.97 Å². The highest BCUT2D eigenvalue weighted by Crippen LogP contribution is 2.20. The number of esters is 1. The molecule has 1 aromatic carbocycles. The average Bonchev–Trinajstić information content (AvgIpc) is 2.49. The van der Waals surface area contributed by atoms with Crippen LogP contribution >= 0.6 is 0 Å². The molecule has 4 nitrogen and oxygen atoms in total. The first-order chi connectivity index (χ1) is 10.0. The molecule has 1 aliphatic rings. The topological polar surface area (TPSA) is 32.8 Å². The van der Waals surface area contributed by atoms with Gasteiger partial charge in [-0.2, -0.15) is 0 Å². The molecule has 1 heterocycles. The number of nitrogens with zero attached hydrogens (tertiary/aromatic N) is 2. The van der Waals surface area contributed by atoms with Crippen LogP contribution in [0.5, 0.6) is 0 Å². The van der Waals surface area contributed by atoms with Gasteiger partial charge in [-0.3, -0.25) is 14.6 Å². The van der Waals surface area contributed by atoms with Crippen LogP contribution in [0.3, 0.4) is 0 Å². The van der Waals surface area contributed by atoms with E-state index in [9.17, 15) is 4.79 Å². The van der Waals surface area contributed by atoms with E-state index in [1.807, 2.05) is 13.8 Å². The normalized spacial score (nSPS) is 17.7. The van der Waals surface area contributed by atoms with Gasteiger partial charge in [-0.15, -0.1) is 0 Å². The summed E-state index contributed by atoms with van der Waals surface area (Å²) in [5, 5.41) is 0. The molecule has 0 N–H and O–H groups in total. The molecule has 1 fully saturated rings. The summed E-state index contributed by atoms with van der Waals surface area (Å²) in [4.78, 5) is 16.6. The number of hydrogen-bond acceptors (Lipinski definition) is 4. The van der Waals surface area contributed by atoms with Crippen LogP contribution in [0.2, 0.25) is 0 Å². The number of benzene rings is 1. The highest BCUT2D eigenvalue weighted by molar-refractivity contribution is 5.76. The number of hydrogen-bond donors (Lipinski definition) is 0. The van der Waals surface area contributed by atoms with Crippen molar-refractivity contribution in [3.8, 4) is 0 Å². The lowest BCUT2D eigenvalue weighted by Gasteiger charge is -2.37. The number of carbonyl (C=O) groups excluding carboxylic acids is 1. The summed E-state index contributed by atoms with van der Waals surface area (Å²) < 4.78 is 4.88. The van der Waals surface area contributed by atoms with E-state index in [1.54, 1.807) is 0 Å². The lowest BCUT2D eigenvalue weighted by Crippen LogP contribution is -2.50. The van der Waals surface area contributed by atoms with Crippen molar-refractivity contribution in [1.29, 1.82) is 0 Å². The SMILES string of the molecule is COC(=O)C(C)(C)CN1CCN(Cc2ccccc2)CC1. The number of methoxy groups -OCH3 is 1. The molecule has 0 atom stereocenters. The van der Waals surface area contributed by atoms with Crippen LogP contribution in [0.1, 0.15) is 19.4 Å². The Kier molecular flexibility index (Phi) is 5.37. The molecule has 1 aromatic rings. The van der Waals surface area contributed by atoms with E-state index in [1.165, 1.54) is 12.7 Å². The molecule has 21 heavy (non-hydrogen) atoms. The highest BCUT2D eigenvalue weighted by Gasteiger charge is 2.32. The summed E-state index contributed by atoms with van der Waals surface area (Å²) in [6.07, 6.45) is 0. The zero-order valence-electron chi connectivity index (χ0n) is 13.3. The van der Waals surface area contributed by atoms with Gasteiger partial charge in [-0.05, 0) is 19.4 Å². The van der Waals surface area contributed by atoms with Gasteiger partial charge in [0.1, 0.15) is 0 Å². The zero-order valence-corrected chi connectivity index (χ0v) is 13.3. The predicted octanol–water partition coefficient (Wildman–Crippen LogP) is 2.00. The maximum absolute atomic E-state index is 11.8. The molecular weight excluding hydrogens is 264 g/mol. The first-order valence-electron chi connectivity index (χ1n) is 7.58. The molecule has 0 saturated carbocycles. The molecule has 0 unspecified atom stereocenters. The van der Waals surface area contributed by atoms with Crippen molar-refractivity contribution in [2.24, 2.45) is 5.41 Å². The molecule has 0 aliphatic carbocycles. The molecule has 4 heteroatoms. The number of ether oxygens (including phenoxy) is 1. The van der Waals surface area contributed by atoms with E-state index in [0.717, 1.165) is 39.3 Å². The van der Waals surface area contributed by atoms with E-state index in [-0.39, 0.29) is 5.97 Å². The molecule has 116 valence electrons. The zero-order chi connectivity index (χ0) is 15.3. The van der Waals surface area contributed by atoms with Gasteiger partial charge in [0.05, 0.1) is 12.5 Å². The van der Waals surface area contributed by atoms with Crippen LogP contribution in [0, 0.1) is 5.41 Å². The predicted molar refractivity (Wildman–Crippen MR) is 84.0 cm³/mol. The first-order valence-corrected chi connectivity index (χ1v) is 7.58. The highest BCUT2D eigenvalue weighted by atomic mass is 16.5. The monoisotopic (exact) mass is 290 g/mol. The van der Waals surface area contributed by atoms with E-state index < -0.39 is 5.41 Å². The van der Waals surface area contributed by atoms with Gasteiger partial charge in [0, 0.05) is 39.3 Å². The lowest BCUT2D eigenvalue weighted by atomic mass is 9.92. The molecule has 0 radical (unpaired) electrons. The van der Waals surface area contributed by atoms with Crippen LogP contribution in [-0.4, -0.2) is 55.6 Å². The number of piperazine rings is 1.